The molecule has 1 N–H and O–H groups in total. The third-order valence-corrected chi connectivity index (χ3v) is 16.0. The summed E-state index contributed by atoms with van der Waals surface area (Å²) in [7, 11) is -3.46. The Balaban J connectivity index is 1.16. The molecule has 4 aliphatic rings. The van der Waals surface area contributed by atoms with E-state index >= 15 is 0 Å². The van der Waals surface area contributed by atoms with Gasteiger partial charge in [0, 0.05) is 24.3 Å². The van der Waals surface area contributed by atoms with E-state index in [0.29, 0.717) is 24.6 Å². The summed E-state index contributed by atoms with van der Waals surface area (Å²) >= 11 is 0. The SMILES string of the molecule is CC[C@]12CO[C@@H](C1O[P@]1O[C@@H](C[Si](C)(c3ccccc3)c3ccccc3)[C@H]3CCCN31)[C@H](n1cc(C)c(=O)[nH]c1=O)O2. The number of nitrogens with one attached hydrogen (secondary N) is 1. The summed E-state index contributed by atoms with van der Waals surface area (Å²) in [5.74, 6) is 0. The number of aromatic amines is 1. The summed E-state index contributed by atoms with van der Waals surface area (Å²) in [6.45, 7) is 7.54. The molecule has 4 aliphatic heterocycles. The highest BCUT2D eigenvalue weighted by Crippen LogP contribution is 2.61. The number of benzene rings is 2. The van der Waals surface area contributed by atoms with Gasteiger partial charge in [-0.3, -0.25) is 14.3 Å². The van der Waals surface area contributed by atoms with Crippen LogP contribution in [-0.2, 0) is 18.5 Å². The smallest absolute Gasteiger partial charge is 0.330 e. The van der Waals surface area contributed by atoms with Gasteiger partial charge in [-0.15, -0.1) is 0 Å². The van der Waals surface area contributed by atoms with Crippen LogP contribution in [0.15, 0.2) is 76.4 Å². The number of rotatable bonds is 8. The normalized spacial score (nSPS) is 32.5. The molecule has 2 bridgehead atoms. The lowest BCUT2D eigenvalue weighted by Crippen LogP contribution is -2.58. The zero-order valence-corrected chi connectivity index (χ0v) is 26.2. The molecule has 0 amide bonds. The second-order valence-corrected chi connectivity index (χ2v) is 17.9. The minimum Gasteiger partial charge on any atom is -0.368 e. The maximum Gasteiger partial charge on any atom is 0.330 e. The molecule has 1 unspecified atom stereocenters. The number of nitrogens with zero attached hydrogens (tertiary/aromatic N) is 2. The van der Waals surface area contributed by atoms with Gasteiger partial charge in [-0.05, 0) is 32.2 Å². The molecular formula is C31H38N3O6PSi. The molecule has 11 heteroatoms. The van der Waals surface area contributed by atoms with Crippen molar-refractivity contribution in [1.82, 2.24) is 14.2 Å². The zero-order valence-electron chi connectivity index (χ0n) is 24.3. The number of hydrogen-bond donors (Lipinski definition) is 1. The average Bonchev–Trinajstić information content (AvgIpc) is 3.77. The minimum atomic E-state index is -2.12. The van der Waals surface area contributed by atoms with E-state index < -0.39 is 45.8 Å². The van der Waals surface area contributed by atoms with Crippen molar-refractivity contribution in [2.75, 3.05) is 13.2 Å². The van der Waals surface area contributed by atoms with Gasteiger partial charge in [-0.2, -0.15) is 0 Å². The van der Waals surface area contributed by atoms with Gasteiger partial charge in [0.1, 0.15) is 25.9 Å². The summed E-state index contributed by atoms with van der Waals surface area (Å²) in [6.07, 6.45) is 2.96. The van der Waals surface area contributed by atoms with Gasteiger partial charge in [0.15, 0.2) is 6.23 Å². The van der Waals surface area contributed by atoms with Crippen molar-refractivity contribution in [3.63, 3.8) is 0 Å². The lowest BCUT2D eigenvalue weighted by molar-refractivity contribution is -0.175. The largest absolute Gasteiger partial charge is 0.368 e. The number of hydrogen-bond acceptors (Lipinski definition) is 7. The molecule has 4 saturated heterocycles. The first-order valence-electron chi connectivity index (χ1n) is 15.0. The molecule has 0 saturated carbocycles. The molecular weight excluding hydrogens is 569 g/mol. The number of ether oxygens (including phenoxy) is 2. The van der Waals surface area contributed by atoms with Crippen molar-refractivity contribution >= 4 is 27.0 Å². The molecule has 0 aliphatic carbocycles. The predicted molar refractivity (Wildman–Crippen MR) is 164 cm³/mol. The lowest BCUT2D eigenvalue weighted by Gasteiger charge is -2.32. The lowest BCUT2D eigenvalue weighted by atomic mass is 9.96. The van der Waals surface area contributed by atoms with Gasteiger partial charge >= 0.3 is 5.69 Å². The molecule has 1 aromatic heterocycles. The Kier molecular flexibility index (Phi) is 7.38. The van der Waals surface area contributed by atoms with E-state index in [2.05, 4.69) is 83.8 Å². The van der Waals surface area contributed by atoms with Gasteiger partial charge in [0.25, 0.3) is 14.1 Å². The molecule has 4 fully saturated rings. The van der Waals surface area contributed by atoms with Crippen molar-refractivity contribution < 1.29 is 18.5 Å². The standard InChI is InChI=1S/C31H38N3O6PSi/c1-4-31-20-37-26(29(38-31)33-18-21(2)28(35)32-30(33)36)27(31)40-41-34-17-11-16-24(34)25(39-41)19-42(3,22-12-7-5-8-13-22)23-14-9-6-10-15-23/h5-10,12-15,18,24-27,29H,4,11,16-17,19-20H2,1-3H3,(H,32,35,36)/t24-,25+,26+,27?,29-,31+,41+/m1/s1. The van der Waals surface area contributed by atoms with Gasteiger partial charge in [0.2, 0.25) is 0 Å². The zero-order chi connectivity index (χ0) is 29.1. The maximum absolute atomic E-state index is 12.8. The summed E-state index contributed by atoms with van der Waals surface area (Å²) in [5.41, 5.74) is -1.15. The van der Waals surface area contributed by atoms with E-state index in [1.165, 1.54) is 14.9 Å². The van der Waals surface area contributed by atoms with E-state index in [9.17, 15) is 9.59 Å². The Hall–Kier alpha value is -2.43. The van der Waals surface area contributed by atoms with Crippen molar-refractivity contribution in [2.24, 2.45) is 0 Å². The topological polar surface area (TPSA) is 95.0 Å². The Morgan fingerprint density at radius 1 is 1.10 bits per heavy atom. The predicted octanol–water partition coefficient (Wildman–Crippen LogP) is 3.29. The van der Waals surface area contributed by atoms with Crippen molar-refractivity contribution in [3.05, 3.63) is 93.3 Å². The van der Waals surface area contributed by atoms with E-state index in [1.54, 1.807) is 13.1 Å². The van der Waals surface area contributed by atoms with Crippen LogP contribution in [-0.4, -0.2) is 65.4 Å². The van der Waals surface area contributed by atoms with Gasteiger partial charge in [-0.1, -0.05) is 84.5 Å². The third-order valence-electron chi connectivity index (χ3n) is 9.76. The molecule has 3 aromatic rings. The fraction of sp³-hybridized carbons (Fsp3) is 0.484. The van der Waals surface area contributed by atoms with E-state index in [1.807, 2.05) is 0 Å². The monoisotopic (exact) mass is 607 g/mol. The van der Waals surface area contributed by atoms with Crippen LogP contribution in [0, 0.1) is 6.92 Å². The van der Waals surface area contributed by atoms with Crippen molar-refractivity contribution in [1.29, 1.82) is 0 Å². The minimum absolute atomic E-state index is 0.0643. The highest BCUT2D eigenvalue weighted by Gasteiger charge is 2.64. The molecule has 9 nitrogen and oxygen atoms in total. The summed E-state index contributed by atoms with van der Waals surface area (Å²) in [5, 5.41) is 2.82. The molecule has 2 aromatic carbocycles. The fourth-order valence-electron chi connectivity index (χ4n) is 7.26. The Morgan fingerprint density at radius 3 is 2.45 bits per heavy atom. The molecule has 0 radical (unpaired) electrons. The van der Waals surface area contributed by atoms with Crippen LogP contribution in [0.3, 0.4) is 0 Å². The second kappa shape index (κ2) is 10.9. The van der Waals surface area contributed by atoms with Crippen molar-refractivity contribution in [2.45, 2.75) is 81.9 Å². The van der Waals surface area contributed by atoms with Crippen LogP contribution in [0.4, 0.5) is 0 Å². The molecule has 0 spiro atoms. The molecule has 222 valence electrons. The first-order valence-corrected chi connectivity index (χ1v) is 18.8. The van der Waals surface area contributed by atoms with Crippen LogP contribution in [0.5, 0.6) is 0 Å². The van der Waals surface area contributed by atoms with E-state index in [0.717, 1.165) is 25.4 Å². The summed E-state index contributed by atoms with van der Waals surface area (Å²) < 4.78 is 30.5. The van der Waals surface area contributed by atoms with Crippen LogP contribution in [0.25, 0.3) is 0 Å². The first-order chi connectivity index (χ1) is 20.3. The van der Waals surface area contributed by atoms with Crippen LogP contribution >= 0.6 is 8.53 Å². The average molecular weight is 608 g/mol. The van der Waals surface area contributed by atoms with Crippen LogP contribution in [0.1, 0.15) is 38.0 Å². The number of fused-ring (bicyclic) bond motifs is 3. The van der Waals surface area contributed by atoms with Crippen LogP contribution < -0.4 is 21.6 Å². The van der Waals surface area contributed by atoms with Gasteiger partial charge < -0.3 is 18.5 Å². The summed E-state index contributed by atoms with van der Waals surface area (Å²) in [6, 6.07) is 23.1. The quantitative estimate of drug-likeness (QED) is 0.310. The van der Waals surface area contributed by atoms with Gasteiger partial charge in [0.05, 0.1) is 12.7 Å². The second-order valence-electron chi connectivity index (χ2n) is 12.2. The Bertz CT molecular complexity index is 1510. The molecule has 7 rings (SSSR count). The van der Waals surface area contributed by atoms with E-state index in [4.69, 9.17) is 18.5 Å². The number of aryl methyl sites for hydroxylation is 1. The molecule has 42 heavy (non-hydrogen) atoms. The van der Waals surface area contributed by atoms with E-state index in [-0.39, 0.29) is 12.2 Å². The van der Waals surface area contributed by atoms with Gasteiger partial charge in [-0.25, -0.2) is 9.46 Å². The highest BCUT2D eigenvalue weighted by atomic mass is 31.2. The number of aromatic nitrogens is 2. The van der Waals surface area contributed by atoms with Crippen molar-refractivity contribution in [3.8, 4) is 0 Å². The molecule has 7 atom stereocenters. The number of H-pyrrole nitrogens is 1. The Morgan fingerprint density at radius 2 is 1.79 bits per heavy atom. The molecule has 5 heterocycles. The summed E-state index contributed by atoms with van der Waals surface area (Å²) in [4.78, 5) is 27.2. The first kappa shape index (κ1) is 28.3. The van der Waals surface area contributed by atoms with Crippen LogP contribution in [0.2, 0.25) is 12.6 Å². The Labute approximate surface area is 247 Å². The maximum atomic E-state index is 12.8. The highest BCUT2D eigenvalue weighted by molar-refractivity contribution is 7.45. The third kappa shape index (κ3) is 4.59. The fourth-order valence-corrected chi connectivity index (χ4v) is 13.3.